The van der Waals surface area contributed by atoms with E-state index in [2.05, 4.69) is 39.2 Å². The van der Waals surface area contributed by atoms with Crippen molar-refractivity contribution in [2.45, 2.75) is 91.1 Å². The van der Waals surface area contributed by atoms with Gasteiger partial charge in [-0.05, 0) is 93.1 Å². The van der Waals surface area contributed by atoms with Crippen LogP contribution in [0.25, 0.3) is 0 Å². The van der Waals surface area contributed by atoms with E-state index >= 15 is 0 Å². The SMILES string of the molecule is C=C(CC(O)C[C@H]1CCC2(C=N)/C(=C/C=C3/CCC[C@H](C)C3=C)CCC[C@]12C)C(=O)OCC. The first-order chi connectivity index (χ1) is 15.7. The Morgan fingerprint density at radius 1 is 1.27 bits per heavy atom. The summed E-state index contributed by atoms with van der Waals surface area (Å²) in [7, 11) is 0. The third-order valence-electron chi connectivity index (χ3n) is 8.95. The van der Waals surface area contributed by atoms with Gasteiger partial charge < -0.3 is 15.3 Å². The van der Waals surface area contributed by atoms with Crippen molar-refractivity contribution >= 4 is 12.2 Å². The van der Waals surface area contributed by atoms with Crippen LogP contribution >= 0.6 is 0 Å². The maximum Gasteiger partial charge on any atom is 0.333 e. The van der Waals surface area contributed by atoms with E-state index in [4.69, 9.17) is 10.1 Å². The molecule has 0 heterocycles. The standard InChI is InChI=1S/C29H43NO3/c1-6-33-27(32)21(3)17-26(31)18-25-14-16-29(19-30)24(11-8-15-28(25,29)5)13-12-23-10-7-9-20(2)22(23)4/h12-13,19-20,25-26,30-31H,3-4,6-11,14-18H2,1-2,5H3/b23-12-,24-13+,30-19?/t20-,25+,26?,28+,29?/m0/s1. The van der Waals surface area contributed by atoms with Crippen LogP contribution in [0, 0.1) is 28.1 Å². The molecule has 4 nitrogen and oxygen atoms in total. The van der Waals surface area contributed by atoms with Gasteiger partial charge in [0.1, 0.15) is 0 Å². The van der Waals surface area contributed by atoms with E-state index in [-0.39, 0.29) is 17.3 Å². The quantitative estimate of drug-likeness (QED) is 0.244. The van der Waals surface area contributed by atoms with Crippen LogP contribution < -0.4 is 0 Å². The van der Waals surface area contributed by atoms with Crippen molar-refractivity contribution in [1.82, 2.24) is 0 Å². The van der Waals surface area contributed by atoms with Gasteiger partial charge in [-0.1, -0.05) is 44.7 Å². The van der Waals surface area contributed by atoms with Gasteiger partial charge in [-0.2, -0.15) is 0 Å². The summed E-state index contributed by atoms with van der Waals surface area (Å²) in [5.74, 6) is 0.445. The van der Waals surface area contributed by atoms with E-state index in [0.29, 0.717) is 30.4 Å². The van der Waals surface area contributed by atoms with Crippen LogP contribution in [0.15, 0.2) is 47.6 Å². The molecule has 3 aliphatic rings. The number of carbonyl (C=O) groups excluding carboxylic acids is 1. The smallest absolute Gasteiger partial charge is 0.333 e. The maximum absolute atomic E-state index is 11.9. The molecule has 3 saturated carbocycles. The summed E-state index contributed by atoms with van der Waals surface area (Å²) < 4.78 is 5.02. The van der Waals surface area contributed by atoms with Crippen molar-refractivity contribution in [3.05, 3.63) is 47.6 Å². The molecule has 3 aliphatic carbocycles. The fourth-order valence-electron chi connectivity index (χ4n) is 6.79. The second kappa shape index (κ2) is 10.5. The monoisotopic (exact) mass is 453 g/mol. The molecule has 0 bridgehead atoms. The molecule has 0 spiro atoms. The first kappa shape index (κ1) is 25.7. The van der Waals surface area contributed by atoms with Crippen molar-refractivity contribution in [2.75, 3.05) is 6.61 Å². The molecule has 2 unspecified atom stereocenters. The second-order valence-electron chi connectivity index (χ2n) is 10.7. The van der Waals surface area contributed by atoms with Crippen molar-refractivity contribution in [2.24, 2.45) is 22.7 Å². The number of aliphatic hydroxyl groups excluding tert-OH is 1. The molecule has 0 aromatic heterocycles. The lowest BCUT2D eigenvalue weighted by atomic mass is 9.54. The summed E-state index contributed by atoms with van der Waals surface area (Å²) in [4.78, 5) is 11.9. The molecule has 2 N–H and O–H groups in total. The lowest BCUT2D eigenvalue weighted by molar-refractivity contribution is -0.138. The van der Waals surface area contributed by atoms with Gasteiger partial charge in [-0.25, -0.2) is 4.79 Å². The summed E-state index contributed by atoms with van der Waals surface area (Å²) in [5, 5.41) is 19.3. The van der Waals surface area contributed by atoms with Crippen molar-refractivity contribution in [3.8, 4) is 0 Å². The zero-order chi connectivity index (χ0) is 24.2. The summed E-state index contributed by atoms with van der Waals surface area (Å²) >= 11 is 0. The molecule has 5 atom stereocenters. The zero-order valence-electron chi connectivity index (χ0n) is 20.9. The molecule has 33 heavy (non-hydrogen) atoms. The molecule has 0 aromatic rings. The van der Waals surface area contributed by atoms with Gasteiger partial charge in [0.2, 0.25) is 0 Å². The Morgan fingerprint density at radius 3 is 2.73 bits per heavy atom. The van der Waals surface area contributed by atoms with Gasteiger partial charge in [0.05, 0.1) is 12.7 Å². The Bertz CT molecular complexity index is 853. The van der Waals surface area contributed by atoms with Gasteiger partial charge in [0.25, 0.3) is 0 Å². The number of ether oxygens (including phenoxy) is 1. The van der Waals surface area contributed by atoms with Crippen LogP contribution in [0.5, 0.6) is 0 Å². The third kappa shape index (κ3) is 4.96. The van der Waals surface area contributed by atoms with Crippen LogP contribution in [0.2, 0.25) is 0 Å². The Kier molecular flexibility index (Phi) is 8.21. The van der Waals surface area contributed by atoms with Gasteiger partial charge in [0, 0.05) is 23.6 Å². The largest absolute Gasteiger partial charge is 0.463 e. The number of aliphatic hydroxyl groups is 1. The summed E-state index contributed by atoms with van der Waals surface area (Å²) in [5.41, 5.74) is 4.06. The number of esters is 1. The number of carbonyl (C=O) groups is 1. The molecule has 0 amide bonds. The first-order valence-electron chi connectivity index (χ1n) is 12.8. The molecule has 3 rings (SSSR count). The minimum Gasteiger partial charge on any atom is -0.463 e. The Balaban J connectivity index is 1.78. The van der Waals surface area contributed by atoms with E-state index in [0.717, 1.165) is 38.5 Å². The Morgan fingerprint density at radius 2 is 2.03 bits per heavy atom. The summed E-state index contributed by atoms with van der Waals surface area (Å²) in [6.07, 6.45) is 15.3. The highest BCUT2D eigenvalue weighted by Crippen LogP contribution is 2.65. The zero-order valence-corrected chi connectivity index (χ0v) is 20.9. The molecule has 0 aromatic carbocycles. The lowest BCUT2D eigenvalue weighted by Crippen LogP contribution is -2.45. The molecule has 4 heteroatoms. The average Bonchev–Trinajstić information content (AvgIpc) is 3.07. The number of hydrogen-bond acceptors (Lipinski definition) is 4. The maximum atomic E-state index is 11.9. The molecule has 0 radical (unpaired) electrons. The molecule has 182 valence electrons. The molecular formula is C29H43NO3. The van der Waals surface area contributed by atoms with E-state index in [1.165, 1.54) is 29.6 Å². The molecule has 3 fully saturated rings. The van der Waals surface area contributed by atoms with E-state index in [1.807, 2.05) is 0 Å². The number of rotatable bonds is 8. The van der Waals surface area contributed by atoms with Crippen molar-refractivity contribution in [3.63, 3.8) is 0 Å². The number of allylic oxidation sites excluding steroid dienone is 5. The van der Waals surface area contributed by atoms with E-state index < -0.39 is 12.1 Å². The van der Waals surface area contributed by atoms with Crippen LogP contribution in [-0.2, 0) is 9.53 Å². The number of nitrogens with one attached hydrogen (secondary N) is 1. The predicted octanol–water partition coefficient (Wildman–Crippen LogP) is 6.71. The third-order valence-corrected chi connectivity index (χ3v) is 8.95. The average molecular weight is 454 g/mol. The molecule has 0 aliphatic heterocycles. The first-order valence-corrected chi connectivity index (χ1v) is 12.8. The van der Waals surface area contributed by atoms with Gasteiger partial charge in [-0.3, -0.25) is 0 Å². The summed E-state index contributed by atoms with van der Waals surface area (Å²) in [6, 6.07) is 0. The Hall–Kier alpha value is -1.94. The van der Waals surface area contributed by atoms with Crippen LogP contribution in [0.4, 0.5) is 0 Å². The number of hydrogen-bond donors (Lipinski definition) is 2. The fraction of sp³-hybridized carbons (Fsp3) is 0.655. The predicted molar refractivity (Wildman–Crippen MR) is 135 cm³/mol. The minimum absolute atomic E-state index is 0.0551. The van der Waals surface area contributed by atoms with Gasteiger partial charge in [-0.15, -0.1) is 0 Å². The topological polar surface area (TPSA) is 70.4 Å². The number of fused-ring (bicyclic) bond motifs is 1. The highest BCUT2D eigenvalue weighted by atomic mass is 16.5. The van der Waals surface area contributed by atoms with Gasteiger partial charge in [0.15, 0.2) is 0 Å². The van der Waals surface area contributed by atoms with Crippen LogP contribution in [0.3, 0.4) is 0 Å². The van der Waals surface area contributed by atoms with Gasteiger partial charge >= 0.3 is 5.97 Å². The molecule has 0 saturated heterocycles. The highest BCUT2D eigenvalue weighted by Gasteiger charge is 2.58. The van der Waals surface area contributed by atoms with Crippen molar-refractivity contribution in [1.29, 1.82) is 5.41 Å². The van der Waals surface area contributed by atoms with E-state index in [1.54, 1.807) is 13.1 Å². The van der Waals surface area contributed by atoms with Crippen LogP contribution in [-0.4, -0.2) is 30.0 Å². The normalized spacial score (nSPS) is 35.3. The van der Waals surface area contributed by atoms with E-state index in [9.17, 15) is 9.90 Å². The molecular weight excluding hydrogens is 410 g/mol. The lowest BCUT2D eigenvalue weighted by Gasteiger charge is -2.50. The van der Waals surface area contributed by atoms with Crippen molar-refractivity contribution < 1.29 is 14.6 Å². The second-order valence-corrected chi connectivity index (χ2v) is 10.7. The Labute approximate surface area is 200 Å². The highest BCUT2D eigenvalue weighted by molar-refractivity contribution is 5.87. The fourth-order valence-corrected chi connectivity index (χ4v) is 6.79. The minimum atomic E-state index is -0.617. The van der Waals surface area contributed by atoms with Crippen LogP contribution in [0.1, 0.15) is 85.0 Å². The summed E-state index contributed by atoms with van der Waals surface area (Å²) in [6.45, 7) is 14.8.